The Kier molecular flexibility index (Phi) is 10.1. The van der Waals surface area contributed by atoms with Crippen LogP contribution in [0.25, 0.3) is 43.1 Å². The number of quaternary nitrogens is 4. The minimum absolute atomic E-state index is 0.250. The van der Waals surface area contributed by atoms with Crippen molar-refractivity contribution in [2.45, 2.75) is 25.7 Å². The first-order valence-corrected chi connectivity index (χ1v) is 20.4. The van der Waals surface area contributed by atoms with Gasteiger partial charge < -0.3 is 17.9 Å². The minimum atomic E-state index is -0.250. The summed E-state index contributed by atoms with van der Waals surface area (Å²) in [6.07, 6.45) is 3.68. The van der Waals surface area contributed by atoms with Crippen LogP contribution in [-0.4, -0.2) is 174 Å². The summed E-state index contributed by atoms with van der Waals surface area (Å²) in [6.45, 7) is 6.77. The molecule has 2 aliphatic rings. The SMILES string of the molecule is C[N+](C)(C)CCC[N+](C)(C)CCCN1C(=O)c2ccc3c4ccc5c6c(ccc(c7ccc(c2c37)C1=O)c64)C(=O)N(CCC[N+](C)(C)CCC[N+](C)(C)C)C5=O. The fraction of sp³-hybridized carbons (Fsp3) is 0.478. The fourth-order valence-electron chi connectivity index (χ4n) is 9.26. The summed E-state index contributed by atoms with van der Waals surface area (Å²) in [5.41, 5.74) is 2.17. The maximum Gasteiger partial charge on any atom is 0.261 e. The van der Waals surface area contributed by atoms with E-state index in [1.165, 1.54) is 9.80 Å². The summed E-state index contributed by atoms with van der Waals surface area (Å²) in [6, 6.07) is 15.4. The van der Waals surface area contributed by atoms with Gasteiger partial charge in [-0.15, -0.1) is 0 Å². The molecule has 0 bridgehead atoms. The van der Waals surface area contributed by atoms with Crippen LogP contribution in [0.15, 0.2) is 48.5 Å². The highest BCUT2D eigenvalue weighted by Crippen LogP contribution is 2.46. The Morgan fingerprint density at radius 2 is 0.625 bits per heavy atom. The van der Waals surface area contributed by atoms with Crippen LogP contribution in [0.2, 0.25) is 0 Å². The number of carbonyl (C=O) groups is 4. The number of rotatable bonds is 16. The van der Waals surface area contributed by atoms with Gasteiger partial charge in [-0.3, -0.25) is 29.0 Å². The molecule has 0 radical (unpaired) electrons. The van der Waals surface area contributed by atoms with E-state index >= 15 is 0 Å². The van der Waals surface area contributed by atoms with Crippen molar-refractivity contribution in [3.63, 3.8) is 0 Å². The summed E-state index contributed by atoms with van der Waals surface area (Å²) >= 11 is 0. The molecule has 0 aromatic heterocycles. The Morgan fingerprint density at radius 1 is 0.357 bits per heavy atom. The molecular weight excluding hydrogens is 701 g/mol. The highest BCUT2D eigenvalue weighted by molar-refractivity contribution is 6.41. The second kappa shape index (κ2) is 14.2. The van der Waals surface area contributed by atoms with Gasteiger partial charge in [0.05, 0.1) is 110 Å². The van der Waals surface area contributed by atoms with Gasteiger partial charge in [0, 0.05) is 71.8 Å². The van der Waals surface area contributed by atoms with Crippen LogP contribution < -0.4 is 0 Å². The molecule has 296 valence electrons. The lowest BCUT2D eigenvalue weighted by molar-refractivity contribution is -0.902. The molecule has 0 aliphatic carbocycles. The van der Waals surface area contributed by atoms with Gasteiger partial charge in [-0.1, -0.05) is 24.3 Å². The molecule has 0 spiro atoms. The van der Waals surface area contributed by atoms with Gasteiger partial charge in [-0.25, -0.2) is 0 Å². The molecule has 0 saturated carbocycles. The van der Waals surface area contributed by atoms with Gasteiger partial charge in [-0.05, 0) is 56.6 Å². The van der Waals surface area contributed by atoms with Gasteiger partial charge >= 0.3 is 0 Å². The number of carbonyl (C=O) groups excluding carboxylic acids is 4. The topological polar surface area (TPSA) is 74.8 Å². The molecule has 56 heavy (non-hydrogen) atoms. The quantitative estimate of drug-likeness (QED) is 0.0531. The largest absolute Gasteiger partial charge is 0.331 e. The van der Waals surface area contributed by atoms with E-state index in [1.54, 1.807) is 0 Å². The van der Waals surface area contributed by atoms with Crippen LogP contribution in [0.4, 0.5) is 0 Å². The third kappa shape index (κ3) is 7.40. The van der Waals surface area contributed by atoms with E-state index in [-0.39, 0.29) is 23.6 Å². The average molecular weight is 763 g/mol. The van der Waals surface area contributed by atoms with Crippen molar-refractivity contribution in [1.29, 1.82) is 0 Å². The van der Waals surface area contributed by atoms with E-state index in [0.29, 0.717) is 46.1 Å². The molecule has 2 aliphatic heterocycles. The molecule has 10 nitrogen and oxygen atoms in total. The molecule has 0 N–H and O–H groups in total. The van der Waals surface area contributed by atoms with Crippen LogP contribution in [0.5, 0.6) is 0 Å². The monoisotopic (exact) mass is 762 g/mol. The maximum atomic E-state index is 14.1. The van der Waals surface area contributed by atoms with Crippen molar-refractivity contribution in [2.75, 3.05) is 123 Å². The predicted molar refractivity (Wildman–Crippen MR) is 226 cm³/mol. The van der Waals surface area contributed by atoms with E-state index in [0.717, 1.165) is 115 Å². The highest BCUT2D eigenvalue weighted by atomic mass is 16.2. The Hall–Kier alpha value is -4.48. The molecule has 2 heterocycles. The minimum Gasteiger partial charge on any atom is -0.331 e. The lowest BCUT2D eigenvalue weighted by atomic mass is 9.82. The second-order valence-electron chi connectivity index (χ2n) is 19.9. The van der Waals surface area contributed by atoms with E-state index < -0.39 is 0 Å². The first-order valence-electron chi connectivity index (χ1n) is 20.4. The Balaban J connectivity index is 1.16. The Morgan fingerprint density at radius 3 is 0.893 bits per heavy atom. The van der Waals surface area contributed by atoms with E-state index in [2.05, 4.69) is 70.5 Å². The van der Waals surface area contributed by atoms with E-state index in [1.807, 2.05) is 48.5 Å². The number of amides is 4. The fourth-order valence-corrected chi connectivity index (χ4v) is 9.26. The number of hydrogen-bond acceptors (Lipinski definition) is 4. The average Bonchev–Trinajstić information content (AvgIpc) is 3.10. The molecule has 5 aromatic rings. The summed E-state index contributed by atoms with van der Waals surface area (Å²) < 4.78 is 3.55. The van der Waals surface area contributed by atoms with Crippen LogP contribution in [0, 0.1) is 0 Å². The standard InChI is InChI=1S/C46H62N6O4/c1-49(2,3)25-13-29-51(7,8)27-11-23-47-43(53)35-19-15-31-33-17-21-37-42-38(22-18-34(40(33)42)32-16-20-36(44(47)54)41(35)39(31)32)46(56)48(45(37)55)24-12-28-52(9,10)30-14-26-50(4,5)6/h15-22H,11-14,23-30H2,1-10H3/q+4. The zero-order valence-corrected chi connectivity index (χ0v) is 35.4. The van der Waals surface area contributed by atoms with Crippen LogP contribution in [0.3, 0.4) is 0 Å². The Bertz CT molecular complexity index is 2110. The van der Waals surface area contributed by atoms with Gasteiger partial charge in [0.1, 0.15) is 0 Å². The summed E-state index contributed by atoms with van der Waals surface area (Å²) in [5.74, 6) is -0.999. The van der Waals surface area contributed by atoms with Gasteiger partial charge in [0.25, 0.3) is 23.6 Å². The molecular formula is C46H62N6O4+4. The first kappa shape index (κ1) is 39.7. The number of nitrogens with zero attached hydrogens (tertiary/aromatic N) is 6. The van der Waals surface area contributed by atoms with Crippen LogP contribution in [0.1, 0.15) is 67.1 Å². The molecule has 0 saturated heterocycles. The van der Waals surface area contributed by atoms with E-state index in [9.17, 15) is 19.2 Å². The summed E-state index contributed by atoms with van der Waals surface area (Å²) in [7, 11) is 22.1. The van der Waals surface area contributed by atoms with Crippen molar-refractivity contribution >= 4 is 66.7 Å². The van der Waals surface area contributed by atoms with Crippen molar-refractivity contribution in [1.82, 2.24) is 9.80 Å². The highest BCUT2D eigenvalue weighted by Gasteiger charge is 2.37. The first-order chi connectivity index (χ1) is 26.2. The van der Waals surface area contributed by atoms with Crippen molar-refractivity contribution in [3.05, 3.63) is 70.8 Å². The zero-order chi connectivity index (χ0) is 40.5. The van der Waals surface area contributed by atoms with Gasteiger partial charge in [-0.2, -0.15) is 0 Å². The van der Waals surface area contributed by atoms with E-state index in [4.69, 9.17) is 0 Å². The number of hydrogen-bond donors (Lipinski definition) is 0. The predicted octanol–water partition coefficient (Wildman–Crippen LogP) is 6.05. The van der Waals surface area contributed by atoms with Crippen molar-refractivity contribution < 1.29 is 37.1 Å². The van der Waals surface area contributed by atoms with Crippen LogP contribution >= 0.6 is 0 Å². The number of benzene rings is 5. The molecule has 0 atom stereocenters. The zero-order valence-electron chi connectivity index (χ0n) is 35.4. The van der Waals surface area contributed by atoms with Crippen molar-refractivity contribution in [3.8, 4) is 0 Å². The maximum absolute atomic E-state index is 14.1. The summed E-state index contributed by atoms with van der Waals surface area (Å²) in [4.78, 5) is 59.2. The molecule has 5 aromatic carbocycles. The third-order valence-electron chi connectivity index (χ3n) is 12.3. The second-order valence-corrected chi connectivity index (χ2v) is 19.9. The van der Waals surface area contributed by atoms with Gasteiger partial charge in [0.2, 0.25) is 0 Å². The lowest BCUT2D eigenvalue weighted by Crippen LogP contribution is -2.46. The normalized spacial score (nSPS) is 15.5. The lowest BCUT2D eigenvalue weighted by Gasteiger charge is -2.33. The third-order valence-corrected chi connectivity index (χ3v) is 12.3. The smallest absolute Gasteiger partial charge is 0.261 e. The van der Waals surface area contributed by atoms with Crippen LogP contribution in [-0.2, 0) is 0 Å². The molecule has 10 heteroatoms. The number of imide groups is 2. The Labute approximate surface area is 332 Å². The molecule has 7 rings (SSSR count). The van der Waals surface area contributed by atoms with Gasteiger partial charge in [0.15, 0.2) is 0 Å². The van der Waals surface area contributed by atoms with Crippen molar-refractivity contribution in [2.24, 2.45) is 0 Å². The summed E-state index contributed by atoms with van der Waals surface area (Å²) in [5, 5.41) is 6.78. The molecule has 4 amide bonds. The number of fused-ring (bicyclic) bond motifs is 2. The molecule has 0 fully saturated rings. The molecule has 0 unspecified atom stereocenters.